The minimum Gasteiger partial charge on any atom is -0.392 e. The molecular formula is C14H20N4OS. The monoisotopic (exact) mass is 292 g/mol. The van der Waals surface area contributed by atoms with E-state index in [0.29, 0.717) is 6.54 Å². The Balaban J connectivity index is 1.83. The molecule has 0 aromatic carbocycles. The lowest BCUT2D eigenvalue weighted by molar-refractivity contribution is 0.0656. The van der Waals surface area contributed by atoms with Gasteiger partial charge in [0.05, 0.1) is 18.0 Å². The first-order valence-electron chi connectivity index (χ1n) is 7.14. The Kier molecular flexibility index (Phi) is 4.14. The Morgan fingerprint density at radius 2 is 2.40 bits per heavy atom. The van der Waals surface area contributed by atoms with Crippen molar-refractivity contribution in [2.45, 2.75) is 32.4 Å². The second-order valence-corrected chi connectivity index (χ2v) is 6.08. The average molecular weight is 292 g/mol. The van der Waals surface area contributed by atoms with Crippen LogP contribution < -0.4 is 5.32 Å². The highest BCUT2D eigenvalue weighted by molar-refractivity contribution is 7.16. The maximum atomic E-state index is 9.74. The number of fused-ring (bicyclic) bond motifs is 1. The van der Waals surface area contributed by atoms with E-state index in [1.807, 2.05) is 0 Å². The third-order valence-electron chi connectivity index (χ3n) is 3.56. The summed E-state index contributed by atoms with van der Waals surface area (Å²) < 4.78 is 0. The van der Waals surface area contributed by atoms with Crippen molar-refractivity contribution in [1.82, 2.24) is 14.9 Å². The Morgan fingerprint density at radius 3 is 3.20 bits per heavy atom. The summed E-state index contributed by atoms with van der Waals surface area (Å²) >= 11 is 1.65. The van der Waals surface area contributed by atoms with E-state index in [-0.39, 0.29) is 6.10 Å². The molecule has 3 heterocycles. The van der Waals surface area contributed by atoms with Gasteiger partial charge in [-0.1, -0.05) is 0 Å². The minimum absolute atomic E-state index is 0.206. The van der Waals surface area contributed by atoms with E-state index in [9.17, 15) is 5.11 Å². The lowest BCUT2D eigenvalue weighted by Gasteiger charge is -2.29. The summed E-state index contributed by atoms with van der Waals surface area (Å²) in [4.78, 5) is 12.6. The highest BCUT2D eigenvalue weighted by Gasteiger charge is 2.19. The molecule has 0 radical (unpaired) electrons. The summed E-state index contributed by atoms with van der Waals surface area (Å²) in [5.74, 6) is 1.76. The molecule has 0 spiro atoms. The summed E-state index contributed by atoms with van der Waals surface area (Å²) in [6.45, 7) is 5.37. The summed E-state index contributed by atoms with van der Waals surface area (Å²) in [7, 11) is 0. The minimum atomic E-state index is -0.206. The van der Waals surface area contributed by atoms with Crippen LogP contribution in [0.25, 0.3) is 10.2 Å². The van der Waals surface area contributed by atoms with Gasteiger partial charge in [0.1, 0.15) is 16.5 Å². The van der Waals surface area contributed by atoms with Crippen LogP contribution in [0.5, 0.6) is 0 Å². The van der Waals surface area contributed by atoms with E-state index in [0.717, 1.165) is 54.3 Å². The van der Waals surface area contributed by atoms with Crippen molar-refractivity contribution in [2.75, 3.05) is 25.0 Å². The number of aromatic nitrogens is 2. The van der Waals surface area contributed by atoms with Crippen LogP contribution in [-0.4, -0.2) is 45.7 Å². The van der Waals surface area contributed by atoms with Gasteiger partial charge in [0.2, 0.25) is 0 Å². The normalized spacial score (nSPS) is 20.4. The van der Waals surface area contributed by atoms with Crippen LogP contribution in [-0.2, 0) is 6.54 Å². The van der Waals surface area contributed by atoms with Gasteiger partial charge in [0, 0.05) is 13.1 Å². The molecule has 0 amide bonds. The molecule has 1 aliphatic rings. The molecule has 20 heavy (non-hydrogen) atoms. The fourth-order valence-electron chi connectivity index (χ4n) is 2.65. The Labute approximate surface area is 122 Å². The largest absolute Gasteiger partial charge is 0.392 e. The highest BCUT2D eigenvalue weighted by atomic mass is 32.1. The average Bonchev–Trinajstić information content (AvgIpc) is 2.87. The zero-order chi connectivity index (χ0) is 13.9. The van der Waals surface area contributed by atoms with E-state index in [1.165, 1.54) is 0 Å². The topological polar surface area (TPSA) is 61.3 Å². The van der Waals surface area contributed by atoms with Crippen LogP contribution in [0.15, 0.2) is 11.4 Å². The number of rotatable bonds is 4. The number of nitrogens with one attached hydrogen (secondary N) is 1. The summed E-state index contributed by atoms with van der Waals surface area (Å²) in [6.07, 6.45) is 1.74. The summed E-state index contributed by atoms with van der Waals surface area (Å²) in [5, 5.41) is 16.2. The van der Waals surface area contributed by atoms with Crippen molar-refractivity contribution in [3.8, 4) is 0 Å². The first kappa shape index (κ1) is 13.7. The third kappa shape index (κ3) is 2.92. The summed E-state index contributed by atoms with van der Waals surface area (Å²) in [5.41, 5.74) is 0. The zero-order valence-corrected chi connectivity index (χ0v) is 12.5. The number of thiophene rings is 1. The molecule has 0 saturated carbocycles. The van der Waals surface area contributed by atoms with Crippen LogP contribution in [0.2, 0.25) is 0 Å². The second kappa shape index (κ2) is 6.03. The molecule has 2 aromatic rings. The number of anilines is 1. The number of hydrogen-bond acceptors (Lipinski definition) is 6. The van der Waals surface area contributed by atoms with Gasteiger partial charge in [0.15, 0.2) is 0 Å². The molecule has 2 aromatic heterocycles. The molecule has 2 N–H and O–H groups in total. The van der Waals surface area contributed by atoms with Gasteiger partial charge in [0.25, 0.3) is 0 Å². The van der Waals surface area contributed by atoms with Crippen molar-refractivity contribution in [3.63, 3.8) is 0 Å². The molecule has 1 atom stereocenters. The van der Waals surface area contributed by atoms with Crippen molar-refractivity contribution in [3.05, 3.63) is 17.3 Å². The van der Waals surface area contributed by atoms with Crippen LogP contribution in [0.3, 0.4) is 0 Å². The van der Waals surface area contributed by atoms with Crippen LogP contribution >= 0.6 is 11.3 Å². The van der Waals surface area contributed by atoms with Crippen molar-refractivity contribution in [2.24, 2.45) is 0 Å². The fraction of sp³-hybridized carbons (Fsp3) is 0.571. The quantitative estimate of drug-likeness (QED) is 0.903. The standard InChI is InChI=1S/C14H20N4OS/c1-2-15-13-11-5-7-20-14(11)17-12(16-13)9-18-6-3-4-10(19)8-18/h5,7,10,19H,2-4,6,8-9H2,1H3,(H,15,16,17). The van der Waals surface area contributed by atoms with Crippen molar-refractivity contribution >= 4 is 27.4 Å². The van der Waals surface area contributed by atoms with E-state index < -0.39 is 0 Å². The third-order valence-corrected chi connectivity index (χ3v) is 4.37. The van der Waals surface area contributed by atoms with Crippen LogP contribution in [0.4, 0.5) is 5.82 Å². The lowest BCUT2D eigenvalue weighted by Crippen LogP contribution is -2.38. The van der Waals surface area contributed by atoms with E-state index >= 15 is 0 Å². The molecular weight excluding hydrogens is 272 g/mol. The number of piperidine rings is 1. The maximum Gasteiger partial charge on any atom is 0.146 e. The van der Waals surface area contributed by atoms with Gasteiger partial charge in [-0.2, -0.15) is 0 Å². The number of likely N-dealkylation sites (tertiary alicyclic amines) is 1. The number of hydrogen-bond donors (Lipinski definition) is 2. The Bertz CT molecular complexity index is 586. The second-order valence-electron chi connectivity index (χ2n) is 5.19. The van der Waals surface area contributed by atoms with Crippen molar-refractivity contribution < 1.29 is 5.11 Å². The smallest absolute Gasteiger partial charge is 0.146 e. The number of β-amino-alcohol motifs (C(OH)–C–C–N with tert-alkyl or cyclic N) is 1. The van der Waals surface area contributed by atoms with Crippen molar-refractivity contribution in [1.29, 1.82) is 0 Å². The molecule has 1 aliphatic heterocycles. The van der Waals surface area contributed by atoms with Gasteiger partial charge >= 0.3 is 0 Å². The number of aliphatic hydroxyl groups excluding tert-OH is 1. The summed E-state index contributed by atoms with van der Waals surface area (Å²) in [6, 6.07) is 2.06. The first-order chi connectivity index (χ1) is 9.76. The van der Waals surface area contributed by atoms with Gasteiger partial charge in [-0.05, 0) is 37.8 Å². The highest BCUT2D eigenvalue weighted by Crippen LogP contribution is 2.25. The van der Waals surface area contributed by atoms with Gasteiger partial charge in [-0.3, -0.25) is 4.90 Å². The van der Waals surface area contributed by atoms with E-state index in [4.69, 9.17) is 0 Å². The lowest BCUT2D eigenvalue weighted by atomic mass is 10.1. The molecule has 0 aliphatic carbocycles. The van der Waals surface area contributed by atoms with Gasteiger partial charge in [-0.25, -0.2) is 9.97 Å². The molecule has 108 valence electrons. The van der Waals surface area contributed by atoms with Crippen LogP contribution in [0, 0.1) is 0 Å². The maximum absolute atomic E-state index is 9.74. The fourth-order valence-corrected chi connectivity index (χ4v) is 3.43. The van der Waals surface area contributed by atoms with Gasteiger partial charge in [-0.15, -0.1) is 11.3 Å². The Hall–Kier alpha value is -1.24. The molecule has 5 nitrogen and oxygen atoms in total. The Morgan fingerprint density at radius 1 is 1.50 bits per heavy atom. The van der Waals surface area contributed by atoms with Gasteiger partial charge < -0.3 is 10.4 Å². The molecule has 1 unspecified atom stereocenters. The van der Waals surface area contributed by atoms with E-state index in [2.05, 4.69) is 38.6 Å². The number of nitrogens with zero attached hydrogens (tertiary/aromatic N) is 3. The number of aliphatic hydroxyl groups is 1. The van der Waals surface area contributed by atoms with E-state index in [1.54, 1.807) is 11.3 Å². The molecule has 3 rings (SSSR count). The first-order valence-corrected chi connectivity index (χ1v) is 8.02. The SMILES string of the molecule is CCNc1nc(CN2CCCC(O)C2)nc2sccc12. The molecule has 1 fully saturated rings. The molecule has 6 heteroatoms. The predicted octanol–water partition coefficient (Wildman–Crippen LogP) is 2.08. The zero-order valence-electron chi connectivity index (χ0n) is 11.7. The molecule has 1 saturated heterocycles. The predicted molar refractivity (Wildman–Crippen MR) is 82.1 cm³/mol. The molecule has 0 bridgehead atoms. The van der Waals surface area contributed by atoms with Crippen LogP contribution in [0.1, 0.15) is 25.6 Å².